The molecule has 0 radical (unpaired) electrons. The van der Waals surface area contributed by atoms with Crippen molar-refractivity contribution in [2.75, 3.05) is 36.4 Å². The number of nitrogens with one attached hydrogen (secondary N) is 2. The van der Waals surface area contributed by atoms with E-state index in [2.05, 4.69) is 25.5 Å². The van der Waals surface area contributed by atoms with Crippen LogP contribution in [0.3, 0.4) is 0 Å². The Kier molecular flexibility index (Phi) is 3.88. The fourth-order valence-corrected chi connectivity index (χ4v) is 2.82. The molecule has 25 heavy (non-hydrogen) atoms. The number of H-pyrrole nitrogens is 1. The van der Waals surface area contributed by atoms with Crippen molar-refractivity contribution in [1.82, 2.24) is 25.1 Å². The van der Waals surface area contributed by atoms with Crippen LogP contribution in [0.4, 0.5) is 21.0 Å². The average molecular weight is 341 g/mol. The van der Waals surface area contributed by atoms with Crippen LogP contribution >= 0.6 is 0 Å². The molecule has 1 saturated heterocycles. The molecule has 2 aromatic heterocycles. The monoisotopic (exact) mass is 341 g/mol. The Morgan fingerprint density at radius 2 is 1.84 bits per heavy atom. The number of carbonyl (C=O) groups excluding carboxylic acids is 1. The van der Waals surface area contributed by atoms with Crippen molar-refractivity contribution < 1.29 is 9.18 Å². The summed E-state index contributed by atoms with van der Waals surface area (Å²) in [5.41, 5.74) is 0.871. The molecule has 0 atom stereocenters. The van der Waals surface area contributed by atoms with Gasteiger partial charge in [0, 0.05) is 31.6 Å². The number of aromatic amines is 1. The van der Waals surface area contributed by atoms with Gasteiger partial charge in [-0.3, -0.25) is 10.4 Å². The largest absolute Gasteiger partial charge is 0.337 e. The molecule has 128 valence electrons. The number of rotatable bonds is 2. The SMILES string of the molecule is O=C(Nc1n[nH]c2ccccc12)N1CCN(c2ncc(F)cn2)CC1. The third-order valence-corrected chi connectivity index (χ3v) is 4.15. The fraction of sp³-hybridized carbons (Fsp3) is 0.250. The summed E-state index contributed by atoms with van der Waals surface area (Å²) in [6.07, 6.45) is 2.29. The van der Waals surface area contributed by atoms with E-state index < -0.39 is 5.82 Å². The molecular formula is C16H16FN7O. The molecule has 2 N–H and O–H groups in total. The summed E-state index contributed by atoms with van der Waals surface area (Å²) in [5.74, 6) is 0.526. The summed E-state index contributed by atoms with van der Waals surface area (Å²) < 4.78 is 12.9. The van der Waals surface area contributed by atoms with Gasteiger partial charge in [-0.15, -0.1) is 0 Å². The Balaban J connectivity index is 1.39. The topological polar surface area (TPSA) is 90.0 Å². The molecule has 1 fully saturated rings. The lowest BCUT2D eigenvalue weighted by molar-refractivity contribution is 0.208. The van der Waals surface area contributed by atoms with E-state index in [-0.39, 0.29) is 6.03 Å². The van der Waals surface area contributed by atoms with Crippen molar-refractivity contribution in [3.63, 3.8) is 0 Å². The maximum Gasteiger partial charge on any atom is 0.323 e. The molecule has 0 unspecified atom stereocenters. The number of aromatic nitrogens is 4. The van der Waals surface area contributed by atoms with Gasteiger partial charge in [0.05, 0.1) is 17.9 Å². The zero-order chi connectivity index (χ0) is 17.2. The molecule has 9 heteroatoms. The molecule has 0 spiro atoms. The minimum absolute atomic E-state index is 0.197. The molecule has 2 amide bonds. The van der Waals surface area contributed by atoms with Crippen LogP contribution in [0, 0.1) is 5.82 Å². The molecular weight excluding hydrogens is 325 g/mol. The van der Waals surface area contributed by atoms with Crippen molar-refractivity contribution in [1.29, 1.82) is 0 Å². The molecule has 1 aliphatic rings. The number of nitrogens with zero attached hydrogens (tertiary/aromatic N) is 5. The number of carbonyl (C=O) groups is 1. The minimum atomic E-state index is -0.465. The van der Waals surface area contributed by atoms with E-state index >= 15 is 0 Å². The summed E-state index contributed by atoms with van der Waals surface area (Å²) in [5, 5.41) is 10.8. The molecule has 3 aromatic rings. The van der Waals surface area contributed by atoms with E-state index in [1.807, 2.05) is 29.2 Å². The van der Waals surface area contributed by atoms with Crippen molar-refractivity contribution in [3.8, 4) is 0 Å². The summed E-state index contributed by atoms with van der Waals surface area (Å²) in [6.45, 7) is 2.21. The second-order valence-electron chi connectivity index (χ2n) is 5.72. The van der Waals surface area contributed by atoms with Crippen LogP contribution in [0.2, 0.25) is 0 Å². The van der Waals surface area contributed by atoms with Crippen LogP contribution in [-0.4, -0.2) is 57.3 Å². The Bertz CT molecular complexity index is 887. The molecule has 1 aromatic carbocycles. The van der Waals surface area contributed by atoms with Gasteiger partial charge in [0.15, 0.2) is 11.6 Å². The van der Waals surface area contributed by atoms with Gasteiger partial charge in [-0.05, 0) is 12.1 Å². The van der Waals surface area contributed by atoms with Gasteiger partial charge in [0.1, 0.15) is 0 Å². The standard InChI is InChI=1S/C16H16FN7O/c17-11-9-18-15(19-10-11)23-5-7-24(8-6-23)16(25)20-14-12-3-1-2-4-13(12)21-22-14/h1-4,9-10H,5-8H2,(H2,20,21,22,25). The third kappa shape index (κ3) is 3.08. The highest BCUT2D eigenvalue weighted by Gasteiger charge is 2.23. The van der Waals surface area contributed by atoms with Crippen LogP contribution in [0.15, 0.2) is 36.7 Å². The van der Waals surface area contributed by atoms with Gasteiger partial charge in [-0.2, -0.15) is 5.10 Å². The summed E-state index contributed by atoms with van der Waals surface area (Å²) in [6, 6.07) is 7.41. The van der Waals surface area contributed by atoms with Crippen molar-refractivity contribution >= 4 is 28.7 Å². The molecule has 4 rings (SSSR count). The lowest BCUT2D eigenvalue weighted by Crippen LogP contribution is -2.50. The quantitative estimate of drug-likeness (QED) is 0.742. The normalized spacial score (nSPS) is 14.8. The Labute approximate surface area is 142 Å². The first kappa shape index (κ1) is 15.3. The zero-order valence-corrected chi connectivity index (χ0v) is 13.3. The number of anilines is 2. The maximum absolute atomic E-state index is 12.9. The molecule has 3 heterocycles. The second-order valence-corrected chi connectivity index (χ2v) is 5.72. The minimum Gasteiger partial charge on any atom is -0.337 e. The van der Waals surface area contributed by atoms with E-state index in [0.29, 0.717) is 37.9 Å². The van der Waals surface area contributed by atoms with Crippen LogP contribution in [-0.2, 0) is 0 Å². The van der Waals surface area contributed by atoms with Crippen LogP contribution in [0.25, 0.3) is 10.9 Å². The molecule has 0 saturated carbocycles. The van der Waals surface area contributed by atoms with Crippen LogP contribution in [0.1, 0.15) is 0 Å². The lowest BCUT2D eigenvalue weighted by Gasteiger charge is -2.34. The number of piperazine rings is 1. The summed E-state index contributed by atoms with van der Waals surface area (Å²) in [4.78, 5) is 24.0. The maximum atomic E-state index is 12.9. The molecule has 1 aliphatic heterocycles. The van der Waals surface area contributed by atoms with Gasteiger partial charge < -0.3 is 9.80 Å². The molecule has 0 bridgehead atoms. The Morgan fingerprint density at radius 1 is 1.12 bits per heavy atom. The predicted molar refractivity (Wildman–Crippen MR) is 90.9 cm³/mol. The number of para-hydroxylation sites is 1. The van der Waals surface area contributed by atoms with Gasteiger partial charge in [0.25, 0.3) is 0 Å². The van der Waals surface area contributed by atoms with E-state index in [1.165, 1.54) is 0 Å². The first-order chi connectivity index (χ1) is 12.2. The van der Waals surface area contributed by atoms with E-state index in [4.69, 9.17) is 0 Å². The molecule has 8 nitrogen and oxygen atoms in total. The number of urea groups is 1. The van der Waals surface area contributed by atoms with Crippen LogP contribution in [0.5, 0.6) is 0 Å². The Morgan fingerprint density at radius 3 is 2.60 bits per heavy atom. The predicted octanol–water partition coefficient (Wildman–Crippen LogP) is 1.85. The smallest absolute Gasteiger partial charge is 0.323 e. The van der Waals surface area contributed by atoms with Gasteiger partial charge in [0.2, 0.25) is 5.95 Å². The Hall–Kier alpha value is -3.23. The first-order valence-electron chi connectivity index (χ1n) is 7.92. The lowest BCUT2D eigenvalue weighted by atomic mass is 10.2. The number of halogens is 1. The second kappa shape index (κ2) is 6.34. The number of fused-ring (bicyclic) bond motifs is 1. The first-order valence-corrected chi connectivity index (χ1v) is 7.92. The van der Waals surface area contributed by atoms with Crippen molar-refractivity contribution in [2.45, 2.75) is 0 Å². The highest BCUT2D eigenvalue weighted by molar-refractivity contribution is 5.98. The number of amides is 2. The zero-order valence-electron chi connectivity index (χ0n) is 13.3. The third-order valence-electron chi connectivity index (χ3n) is 4.15. The van der Waals surface area contributed by atoms with Crippen molar-refractivity contribution in [3.05, 3.63) is 42.5 Å². The molecule has 0 aliphatic carbocycles. The highest BCUT2D eigenvalue weighted by Crippen LogP contribution is 2.20. The van der Waals surface area contributed by atoms with Gasteiger partial charge >= 0.3 is 6.03 Å². The average Bonchev–Trinajstić information content (AvgIpc) is 3.06. The highest BCUT2D eigenvalue weighted by atomic mass is 19.1. The number of hydrogen-bond acceptors (Lipinski definition) is 5. The van der Waals surface area contributed by atoms with Gasteiger partial charge in [-0.25, -0.2) is 19.2 Å². The van der Waals surface area contributed by atoms with E-state index in [0.717, 1.165) is 23.3 Å². The summed E-state index contributed by atoms with van der Waals surface area (Å²) >= 11 is 0. The van der Waals surface area contributed by atoms with E-state index in [1.54, 1.807) is 4.90 Å². The number of benzene rings is 1. The van der Waals surface area contributed by atoms with Crippen molar-refractivity contribution in [2.24, 2.45) is 0 Å². The number of hydrogen-bond donors (Lipinski definition) is 2. The van der Waals surface area contributed by atoms with Gasteiger partial charge in [-0.1, -0.05) is 12.1 Å². The van der Waals surface area contributed by atoms with Crippen LogP contribution < -0.4 is 10.2 Å². The fourth-order valence-electron chi connectivity index (χ4n) is 2.82. The summed E-state index contributed by atoms with van der Waals surface area (Å²) in [7, 11) is 0. The van der Waals surface area contributed by atoms with E-state index in [9.17, 15) is 9.18 Å².